The third-order valence-electron chi connectivity index (χ3n) is 3.92. The average molecular weight is 225 g/mol. The van der Waals surface area contributed by atoms with Gasteiger partial charge in [0.25, 0.3) is 0 Å². The summed E-state index contributed by atoms with van der Waals surface area (Å²) in [5.41, 5.74) is 0. The van der Waals surface area contributed by atoms with Crippen molar-refractivity contribution in [3.05, 3.63) is 0 Å². The molecule has 2 aliphatic rings. The molecule has 16 heavy (non-hydrogen) atoms. The molecule has 0 amide bonds. The molecule has 0 aromatic rings. The third-order valence-corrected chi connectivity index (χ3v) is 3.92. The van der Waals surface area contributed by atoms with Gasteiger partial charge in [-0.25, -0.2) is 0 Å². The van der Waals surface area contributed by atoms with E-state index in [9.17, 15) is 4.79 Å². The molecular weight excluding hydrogens is 202 g/mol. The number of nitrogens with zero attached hydrogens (tertiary/aromatic N) is 1. The Morgan fingerprint density at radius 2 is 2.06 bits per heavy atom. The van der Waals surface area contributed by atoms with Crippen LogP contribution in [0.25, 0.3) is 0 Å². The van der Waals surface area contributed by atoms with Crippen molar-refractivity contribution in [2.24, 2.45) is 0 Å². The first-order valence-electron chi connectivity index (χ1n) is 6.72. The van der Waals surface area contributed by atoms with Gasteiger partial charge in [0.15, 0.2) is 0 Å². The maximum Gasteiger partial charge on any atom is 0.307 e. The first kappa shape index (κ1) is 11.9. The second-order valence-corrected chi connectivity index (χ2v) is 4.98. The predicted molar refractivity (Wildman–Crippen MR) is 63.2 cm³/mol. The van der Waals surface area contributed by atoms with E-state index in [1.807, 2.05) is 6.92 Å². The van der Waals surface area contributed by atoms with Crippen molar-refractivity contribution in [2.45, 2.75) is 64.0 Å². The summed E-state index contributed by atoms with van der Waals surface area (Å²) in [7, 11) is 0. The van der Waals surface area contributed by atoms with Gasteiger partial charge in [0.1, 0.15) is 0 Å². The normalized spacial score (nSPS) is 27.4. The second kappa shape index (κ2) is 5.67. The highest BCUT2D eigenvalue weighted by atomic mass is 16.5. The van der Waals surface area contributed by atoms with E-state index in [0.29, 0.717) is 19.1 Å². The maximum absolute atomic E-state index is 11.5. The molecule has 1 heterocycles. The Kier molecular flexibility index (Phi) is 4.22. The third kappa shape index (κ3) is 2.76. The number of piperidine rings is 1. The summed E-state index contributed by atoms with van der Waals surface area (Å²) < 4.78 is 5.06. The van der Waals surface area contributed by atoms with Crippen LogP contribution in [-0.4, -0.2) is 36.1 Å². The molecule has 0 N–H and O–H groups in total. The molecule has 0 aromatic heterocycles. The van der Waals surface area contributed by atoms with E-state index in [2.05, 4.69) is 4.90 Å². The minimum absolute atomic E-state index is 0.0151. The first-order valence-corrected chi connectivity index (χ1v) is 6.72. The number of esters is 1. The zero-order valence-corrected chi connectivity index (χ0v) is 10.3. The molecule has 2 fully saturated rings. The predicted octanol–water partition coefficient (Wildman–Crippen LogP) is 2.35. The van der Waals surface area contributed by atoms with Crippen LogP contribution < -0.4 is 0 Å². The Hall–Kier alpha value is -0.570. The van der Waals surface area contributed by atoms with Crippen LogP contribution in [0.5, 0.6) is 0 Å². The molecular formula is C13H23NO2. The van der Waals surface area contributed by atoms with Gasteiger partial charge in [0.2, 0.25) is 0 Å². The van der Waals surface area contributed by atoms with E-state index in [1.54, 1.807) is 0 Å². The zero-order chi connectivity index (χ0) is 11.4. The lowest BCUT2D eigenvalue weighted by Gasteiger charge is -2.44. The summed E-state index contributed by atoms with van der Waals surface area (Å²) in [6.45, 7) is 3.58. The number of likely N-dealkylation sites (tertiary alicyclic amines) is 1. The van der Waals surface area contributed by atoms with Crippen LogP contribution in [0.15, 0.2) is 0 Å². The van der Waals surface area contributed by atoms with Crippen molar-refractivity contribution in [3.8, 4) is 0 Å². The standard InChI is InChI=1S/C13H23NO2/c1-2-16-13(15)10-12-6-3-4-9-14(12)11-7-5-8-11/h11-12H,2-10H2,1H3. The Morgan fingerprint density at radius 3 is 2.69 bits per heavy atom. The van der Waals surface area contributed by atoms with Gasteiger partial charge < -0.3 is 4.74 Å². The number of hydrogen-bond acceptors (Lipinski definition) is 3. The van der Waals surface area contributed by atoms with E-state index >= 15 is 0 Å². The highest BCUT2D eigenvalue weighted by Gasteiger charge is 2.33. The molecule has 3 heteroatoms. The molecule has 0 aromatic carbocycles. The van der Waals surface area contributed by atoms with Crippen LogP contribution in [0.1, 0.15) is 51.9 Å². The fourth-order valence-corrected chi connectivity index (χ4v) is 2.85. The van der Waals surface area contributed by atoms with Crippen molar-refractivity contribution >= 4 is 5.97 Å². The van der Waals surface area contributed by atoms with Crippen LogP contribution >= 0.6 is 0 Å². The molecule has 92 valence electrons. The van der Waals surface area contributed by atoms with Gasteiger partial charge in [-0.05, 0) is 39.2 Å². The molecule has 1 atom stereocenters. The summed E-state index contributed by atoms with van der Waals surface area (Å²) in [6.07, 6.45) is 8.38. The SMILES string of the molecule is CCOC(=O)CC1CCCCN1C1CCC1. The van der Waals surface area contributed by atoms with Crippen LogP contribution in [0.3, 0.4) is 0 Å². The number of carbonyl (C=O) groups excluding carboxylic acids is 1. The molecule has 3 nitrogen and oxygen atoms in total. The van der Waals surface area contributed by atoms with E-state index in [1.165, 1.54) is 45.1 Å². The minimum atomic E-state index is -0.0151. The molecule has 1 saturated carbocycles. The smallest absolute Gasteiger partial charge is 0.307 e. The summed E-state index contributed by atoms with van der Waals surface area (Å²) in [6, 6.07) is 1.22. The van der Waals surface area contributed by atoms with E-state index in [-0.39, 0.29) is 5.97 Å². The van der Waals surface area contributed by atoms with Gasteiger partial charge in [-0.15, -0.1) is 0 Å². The summed E-state index contributed by atoms with van der Waals surface area (Å²) in [5, 5.41) is 0. The molecule has 2 rings (SSSR count). The summed E-state index contributed by atoms with van der Waals surface area (Å²) >= 11 is 0. The van der Waals surface area contributed by atoms with Crippen LogP contribution in [0.4, 0.5) is 0 Å². The second-order valence-electron chi connectivity index (χ2n) is 4.98. The summed E-state index contributed by atoms with van der Waals surface area (Å²) in [5.74, 6) is -0.0151. The van der Waals surface area contributed by atoms with Gasteiger partial charge in [-0.3, -0.25) is 9.69 Å². The van der Waals surface area contributed by atoms with Crippen LogP contribution in [0, 0.1) is 0 Å². The van der Waals surface area contributed by atoms with Crippen molar-refractivity contribution < 1.29 is 9.53 Å². The number of hydrogen-bond donors (Lipinski definition) is 0. The van der Waals surface area contributed by atoms with E-state index < -0.39 is 0 Å². The lowest BCUT2D eigenvalue weighted by atomic mass is 9.87. The first-order chi connectivity index (χ1) is 7.81. The largest absolute Gasteiger partial charge is 0.466 e. The number of carbonyl (C=O) groups is 1. The minimum Gasteiger partial charge on any atom is -0.466 e. The lowest BCUT2D eigenvalue weighted by molar-refractivity contribution is -0.145. The Morgan fingerprint density at radius 1 is 1.25 bits per heavy atom. The van der Waals surface area contributed by atoms with E-state index in [4.69, 9.17) is 4.74 Å². The van der Waals surface area contributed by atoms with Crippen molar-refractivity contribution in [1.29, 1.82) is 0 Å². The highest BCUT2D eigenvalue weighted by Crippen LogP contribution is 2.31. The molecule has 1 aliphatic heterocycles. The highest BCUT2D eigenvalue weighted by molar-refractivity contribution is 5.70. The zero-order valence-electron chi connectivity index (χ0n) is 10.3. The summed E-state index contributed by atoms with van der Waals surface area (Å²) in [4.78, 5) is 14.1. The molecule has 0 bridgehead atoms. The van der Waals surface area contributed by atoms with E-state index in [0.717, 1.165) is 6.04 Å². The van der Waals surface area contributed by atoms with Gasteiger partial charge in [0, 0.05) is 12.1 Å². The Bertz CT molecular complexity index is 238. The average Bonchev–Trinajstić information content (AvgIpc) is 2.18. The van der Waals surface area contributed by atoms with Gasteiger partial charge in [-0.1, -0.05) is 12.8 Å². The maximum atomic E-state index is 11.5. The molecule has 1 saturated heterocycles. The molecule has 0 spiro atoms. The molecule has 0 radical (unpaired) electrons. The van der Waals surface area contributed by atoms with Crippen molar-refractivity contribution in [1.82, 2.24) is 4.90 Å². The Labute approximate surface area is 98.1 Å². The lowest BCUT2D eigenvalue weighted by Crippen LogP contribution is -2.49. The topological polar surface area (TPSA) is 29.5 Å². The van der Waals surface area contributed by atoms with Gasteiger partial charge in [0.05, 0.1) is 13.0 Å². The van der Waals surface area contributed by atoms with Crippen molar-refractivity contribution in [3.63, 3.8) is 0 Å². The van der Waals surface area contributed by atoms with Crippen LogP contribution in [0.2, 0.25) is 0 Å². The van der Waals surface area contributed by atoms with Gasteiger partial charge in [-0.2, -0.15) is 0 Å². The van der Waals surface area contributed by atoms with Gasteiger partial charge >= 0.3 is 5.97 Å². The van der Waals surface area contributed by atoms with Crippen LogP contribution in [-0.2, 0) is 9.53 Å². The number of rotatable bonds is 4. The molecule has 1 unspecified atom stereocenters. The number of ether oxygens (including phenoxy) is 1. The molecule has 1 aliphatic carbocycles. The fraction of sp³-hybridized carbons (Fsp3) is 0.923. The van der Waals surface area contributed by atoms with Crippen molar-refractivity contribution in [2.75, 3.05) is 13.2 Å². The quantitative estimate of drug-likeness (QED) is 0.688. The monoisotopic (exact) mass is 225 g/mol. The fourth-order valence-electron chi connectivity index (χ4n) is 2.85. The Balaban J connectivity index is 1.85.